The van der Waals surface area contributed by atoms with Gasteiger partial charge >= 0.3 is 0 Å². The third kappa shape index (κ3) is 3.99. The fourth-order valence-electron chi connectivity index (χ4n) is 4.71. The molecule has 0 radical (unpaired) electrons. The van der Waals surface area contributed by atoms with Gasteiger partial charge in [0.25, 0.3) is 11.1 Å². The summed E-state index contributed by atoms with van der Waals surface area (Å²) in [7, 11) is 0. The van der Waals surface area contributed by atoms with Gasteiger partial charge in [-0.15, -0.1) is 0 Å². The Morgan fingerprint density at radius 1 is 0.750 bits per heavy atom. The van der Waals surface area contributed by atoms with Gasteiger partial charge in [-0.25, -0.2) is 4.39 Å². The summed E-state index contributed by atoms with van der Waals surface area (Å²) >= 11 is 0.955. The van der Waals surface area contributed by atoms with E-state index in [4.69, 9.17) is 0 Å². The molecule has 4 nitrogen and oxygen atoms in total. The van der Waals surface area contributed by atoms with E-state index in [0.717, 1.165) is 44.6 Å². The van der Waals surface area contributed by atoms with Crippen molar-refractivity contribution in [2.75, 3.05) is 0 Å². The number of hydrogen-bond donors (Lipinski definition) is 0. The van der Waals surface area contributed by atoms with Crippen LogP contribution in [-0.2, 0) is 17.9 Å². The van der Waals surface area contributed by atoms with Crippen molar-refractivity contribution in [3.8, 4) is 0 Å². The molecule has 0 aliphatic carbocycles. The van der Waals surface area contributed by atoms with E-state index in [1.165, 1.54) is 11.0 Å². The standard InChI is InChI=1S/C30H21FN2O2S/c31-26-14-5-2-9-22(26)17-32-18-23(25-13-4-6-15-27(25)32)16-28-29(34)33(30(35)36-28)19-21-11-7-10-20-8-1-3-12-24(20)21/h1-16,18H,17,19H2/b28-16-. The molecule has 1 saturated heterocycles. The average Bonchev–Trinajstić information content (AvgIpc) is 3.37. The van der Waals surface area contributed by atoms with Crippen molar-refractivity contribution in [1.29, 1.82) is 0 Å². The first-order valence-electron chi connectivity index (χ1n) is 11.6. The first-order valence-corrected chi connectivity index (χ1v) is 12.4. The summed E-state index contributed by atoms with van der Waals surface area (Å²) in [6.45, 7) is 0.585. The number of hydrogen-bond acceptors (Lipinski definition) is 3. The molecule has 36 heavy (non-hydrogen) atoms. The molecule has 5 aromatic rings. The molecule has 0 saturated carbocycles. The molecule has 0 spiro atoms. The molecule has 1 aliphatic heterocycles. The molecule has 6 heteroatoms. The molecule has 176 valence electrons. The van der Waals surface area contributed by atoms with Gasteiger partial charge in [-0.05, 0) is 46.3 Å². The molecule has 1 fully saturated rings. The van der Waals surface area contributed by atoms with E-state index in [2.05, 4.69) is 0 Å². The largest absolute Gasteiger partial charge is 0.342 e. The number of aromatic nitrogens is 1. The van der Waals surface area contributed by atoms with Gasteiger partial charge in [-0.1, -0.05) is 78.9 Å². The Balaban J connectivity index is 1.33. The molecule has 0 bridgehead atoms. The molecule has 1 aliphatic rings. The number of halogens is 1. The Labute approximate surface area is 211 Å². The van der Waals surface area contributed by atoms with Crippen LogP contribution >= 0.6 is 11.8 Å². The Morgan fingerprint density at radius 2 is 1.44 bits per heavy atom. The van der Waals surface area contributed by atoms with E-state index in [1.54, 1.807) is 18.2 Å². The predicted molar refractivity (Wildman–Crippen MR) is 143 cm³/mol. The Morgan fingerprint density at radius 3 is 2.31 bits per heavy atom. The molecule has 0 N–H and O–H groups in total. The number of thioether (sulfide) groups is 1. The second-order valence-electron chi connectivity index (χ2n) is 8.73. The van der Waals surface area contributed by atoms with Crippen molar-refractivity contribution in [2.45, 2.75) is 13.1 Å². The Kier molecular flexibility index (Phi) is 5.66. The maximum atomic E-state index is 14.3. The summed E-state index contributed by atoms with van der Waals surface area (Å²) in [5.74, 6) is -0.560. The van der Waals surface area contributed by atoms with Crippen LogP contribution in [0.15, 0.2) is 102 Å². The molecule has 0 atom stereocenters. The van der Waals surface area contributed by atoms with Crippen molar-refractivity contribution in [1.82, 2.24) is 9.47 Å². The molecular weight excluding hydrogens is 471 g/mol. The number of fused-ring (bicyclic) bond motifs is 2. The number of carbonyl (C=O) groups excluding carboxylic acids is 2. The smallest absolute Gasteiger partial charge is 0.293 e. The van der Waals surface area contributed by atoms with Gasteiger partial charge < -0.3 is 4.57 Å². The Bertz CT molecular complexity index is 1680. The maximum Gasteiger partial charge on any atom is 0.293 e. The van der Waals surface area contributed by atoms with Crippen LogP contribution in [0.2, 0.25) is 0 Å². The van der Waals surface area contributed by atoms with E-state index in [0.29, 0.717) is 17.0 Å². The van der Waals surface area contributed by atoms with Crippen LogP contribution in [-0.4, -0.2) is 20.6 Å². The van der Waals surface area contributed by atoms with E-state index in [9.17, 15) is 14.0 Å². The number of imide groups is 1. The molecule has 2 heterocycles. The number of amides is 2. The highest BCUT2D eigenvalue weighted by Gasteiger charge is 2.35. The summed E-state index contributed by atoms with van der Waals surface area (Å²) in [4.78, 5) is 27.8. The minimum atomic E-state index is -0.302. The monoisotopic (exact) mass is 492 g/mol. The van der Waals surface area contributed by atoms with Crippen LogP contribution in [0.4, 0.5) is 9.18 Å². The number of benzene rings is 4. The third-order valence-electron chi connectivity index (χ3n) is 6.49. The zero-order chi connectivity index (χ0) is 24.6. The van der Waals surface area contributed by atoms with Crippen LogP contribution in [0.25, 0.3) is 27.8 Å². The molecule has 6 rings (SSSR count). The number of para-hydroxylation sites is 1. The second kappa shape index (κ2) is 9.13. The van der Waals surface area contributed by atoms with Crippen molar-refractivity contribution in [3.63, 3.8) is 0 Å². The number of rotatable bonds is 5. The SMILES string of the molecule is O=C1S/C(=C\c2cn(Cc3ccccc3F)c3ccccc23)C(=O)N1Cc1cccc2ccccc12. The van der Waals surface area contributed by atoms with Crippen LogP contribution in [0.5, 0.6) is 0 Å². The molecule has 4 aromatic carbocycles. The second-order valence-corrected chi connectivity index (χ2v) is 9.72. The summed E-state index contributed by atoms with van der Waals surface area (Å²) in [6.07, 6.45) is 3.68. The minimum Gasteiger partial charge on any atom is -0.342 e. The van der Waals surface area contributed by atoms with Crippen molar-refractivity contribution < 1.29 is 14.0 Å². The molecular formula is C30H21FN2O2S. The lowest BCUT2D eigenvalue weighted by Crippen LogP contribution is -2.27. The van der Waals surface area contributed by atoms with E-state index in [-0.39, 0.29) is 23.5 Å². The van der Waals surface area contributed by atoms with Gasteiger partial charge in [0.05, 0.1) is 18.0 Å². The van der Waals surface area contributed by atoms with Crippen LogP contribution in [0, 0.1) is 5.82 Å². The van der Waals surface area contributed by atoms with Crippen molar-refractivity contribution >= 4 is 50.7 Å². The summed E-state index contributed by atoms with van der Waals surface area (Å²) in [5.41, 5.74) is 3.26. The first kappa shape index (κ1) is 22.3. The summed E-state index contributed by atoms with van der Waals surface area (Å²) < 4.78 is 16.3. The fraction of sp³-hybridized carbons (Fsp3) is 0.0667. The number of nitrogens with zero attached hydrogens (tertiary/aromatic N) is 2. The van der Waals surface area contributed by atoms with E-state index >= 15 is 0 Å². The number of carbonyl (C=O) groups is 2. The molecule has 0 unspecified atom stereocenters. The van der Waals surface area contributed by atoms with Gasteiger partial charge in [0.2, 0.25) is 0 Å². The van der Waals surface area contributed by atoms with Crippen molar-refractivity contribution in [2.24, 2.45) is 0 Å². The van der Waals surface area contributed by atoms with Crippen LogP contribution < -0.4 is 0 Å². The van der Waals surface area contributed by atoms with Gasteiger partial charge in [-0.2, -0.15) is 0 Å². The lowest BCUT2D eigenvalue weighted by molar-refractivity contribution is -0.123. The molecule has 2 amide bonds. The Hall–Kier alpha value is -4.16. The first-order chi connectivity index (χ1) is 17.6. The lowest BCUT2D eigenvalue weighted by atomic mass is 10.0. The predicted octanol–water partition coefficient (Wildman–Crippen LogP) is 7.22. The normalized spacial score (nSPS) is 15.0. The van der Waals surface area contributed by atoms with Gasteiger partial charge in [0, 0.05) is 28.2 Å². The quantitative estimate of drug-likeness (QED) is 0.243. The average molecular weight is 493 g/mol. The zero-order valence-corrected chi connectivity index (χ0v) is 20.0. The van der Waals surface area contributed by atoms with Crippen LogP contribution in [0.1, 0.15) is 16.7 Å². The van der Waals surface area contributed by atoms with Crippen molar-refractivity contribution in [3.05, 3.63) is 125 Å². The van der Waals surface area contributed by atoms with Gasteiger partial charge in [0.15, 0.2) is 0 Å². The highest BCUT2D eigenvalue weighted by molar-refractivity contribution is 8.18. The van der Waals surface area contributed by atoms with E-state index < -0.39 is 0 Å². The lowest BCUT2D eigenvalue weighted by Gasteiger charge is -2.14. The topological polar surface area (TPSA) is 42.3 Å². The third-order valence-corrected chi connectivity index (χ3v) is 7.39. The zero-order valence-electron chi connectivity index (χ0n) is 19.2. The maximum absolute atomic E-state index is 14.3. The van der Waals surface area contributed by atoms with E-state index in [1.807, 2.05) is 83.6 Å². The minimum absolute atomic E-state index is 0.221. The molecule has 1 aromatic heterocycles. The fourth-order valence-corrected chi connectivity index (χ4v) is 5.54. The summed E-state index contributed by atoms with van der Waals surface area (Å²) in [5, 5.41) is 2.75. The highest BCUT2D eigenvalue weighted by Crippen LogP contribution is 2.36. The van der Waals surface area contributed by atoms with Gasteiger partial charge in [0.1, 0.15) is 5.82 Å². The summed E-state index contributed by atoms with van der Waals surface area (Å²) in [6, 6.07) is 28.4. The van der Waals surface area contributed by atoms with Gasteiger partial charge in [-0.3, -0.25) is 14.5 Å². The van der Waals surface area contributed by atoms with Crippen LogP contribution in [0.3, 0.4) is 0 Å². The highest BCUT2D eigenvalue weighted by atomic mass is 32.2.